The number of aromatic amines is 1. The van der Waals surface area contributed by atoms with Gasteiger partial charge in [-0.1, -0.05) is 0 Å². The third-order valence-electron chi connectivity index (χ3n) is 3.92. The molecule has 10 heteroatoms. The third-order valence-corrected chi connectivity index (χ3v) is 3.92. The van der Waals surface area contributed by atoms with E-state index in [1.165, 1.54) is 0 Å². The second kappa shape index (κ2) is 6.73. The molecular weight excluding hydrogens is 334 g/mol. The van der Waals surface area contributed by atoms with Crippen LogP contribution in [0.4, 0.5) is 20.4 Å². The minimum Gasteiger partial charge on any atom is -0.372 e. The monoisotopic (exact) mass is 350 g/mol. The van der Waals surface area contributed by atoms with Crippen LogP contribution in [0, 0.1) is 0 Å². The molecule has 0 saturated carbocycles. The predicted molar refractivity (Wildman–Crippen MR) is 83.6 cm³/mol. The first-order valence-electron chi connectivity index (χ1n) is 7.86. The number of anilines is 2. The number of rotatable bonds is 6. The molecule has 0 unspecified atom stereocenters. The third kappa shape index (κ3) is 3.44. The van der Waals surface area contributed by atoms with Crippen molar-refractivity contribution in [2.45, 2.75) is 32.2 Å². The zero-order valence-corrected chi connectivity index (χ0v) is 13.2. The van der Waals surface area contributed by atoms with Crippen molar-refractivity contribution < 1.29 is 18.3 Å². The molecule has 2 N–H and O–H groups in total. The Morgan fingerprint density at radius 2 is 2.36 bits per heavy atom. The topological polar surface area (TPSA) is 89.4 Å². The molecule has 25 heavy (non-hydrogen) atoms. The van der Waals surface area contributed by atoms with E-state index in [1.807, 2.05) is 6.07 Å². The summed E-state index contributed by atoms with van der Waals surface area (Å²) in [6, 6.07) is 3.52. The second-order valence-electron chi connectivity index (χ2n) is 5.65. The van der Waals surface area contributed by atoms with E-state index in [0.29, 0.717) is 22.8 Å². The van der Waals surface area contributed by atoms with Crippen molar-refractivity contribution in [3.63, 3.8) is 0 Å². The quantitative estimate of drug-likeness (QED) is 0.711. The molecule has 1 fully saturated rings. The second-order valence-corrected chi connectivity index (χ2v) is 5.65. The Balaban J connectivity index is 1.54. The summed E-state index contributed by atoms with van der Waals surface area (Å²) in [7, 11) is 0. The lowest BCUT2D eigenvalue weighted by Gasteiger charge is -2.05. The molecule has 1 atom stereocenters. The van der Waals surface area contributed by atoms with Crippen molar-refractivity contribution in [3.8, 4) is 0 Å². The van der Waals surface area contributed by atoms with Crippen LogP contribution in [-0.2, 0) is 16.1 Å². The SMILES string of the molecule is FC(F)OCc1cc2c(Nc3cc([C@H]4CCCO4)[nH]n3)nccn2n1. The fourth-order valence-electron chi connectivity index (χ4n) is 2.80. The molecule has 0 bridgehead atoms. The molecule has 3 aromatic heterocycles. The number of hydrogen-bond acceptors (Lipinski definition) is 6. The zero-order chi connectivity index (χ0) is 17.2. The number of hydrogen-bond donors (Lipinski definition) is 2. The Morgan fingerprint density at radius 3 is 3.16 bits per heavy atom. The Bertz CT molecular complexity index is 859. The lowest BCUT2D eigenvalue weighted by Crippen LogP contribution is -2.00. The Hall–Kier alpha value is -2.59. The average molecular weight is 350 g/mol. The van der Waals surface area contributed by atoms with Gasteiger partial charge in [0, 0.05) is 25.1 Å². The molecule has 0 aromatic carbocycles. The van der Waals surface area contributed by atoms with Gasteiger partial charge >= 0.3 is 6.61 Å². The fraction of sp³-hybridized carbons (Fsp3) is 0.400. The fourth-order valence-corrected chi connectivity index (χ4v) is 2.80. The van der Waals surface area contributed by atoms with Crippen LogP contribution in [0.15, 0.2) is 24.5 Å². The number of nitrogens with zero attached hydrogens (tertiary/aromatic N) is 4. The number of halogens is 2. The number of ether oxygens (including phenoxy) is 2. The molecule has 0 radical (unpaired) electrons. The molecule has 132 valence electrons. The highest BCUT2D eigenvalue weighted by Gasteiger charge is 2.20. The highest BCUT2D eigenvalue weighted by Crippen LogP contribution is 2.29. The van der Waals surface area contributed by atoms with Gasteiger partial charge < -0.3 is 14.8 Å². The minimum absolute atomic E-state index is 0.0415. The number of fused-ring (bicyclic) bond motifs is 1. The summed E-state index contributed by atoms with van der Waals surface area (Å²) in [5.74, 6) is 1.11. The van der Waals surface area contributed by atoms with E-state index in [4.69, 9.17) is 4.74 Å². The van der Waals surface area contributed by atoms with Gasteiger partial charge in [-0.05, 0) is 18.9 Å². The number of H-pyrrole nitrogens is 1. The molecule has 1 saturated heterocycles. The van der Waals surface area contributed by atoms with E-state index in [1.54, 1.807) is 23.0 Å². The first-order chi connectivity index (χ1) is 12.2. The normalized spacial score (nSPS) is 17.6. The van der Waals surface area contributed by atoms with Crippen LogP contribution < -0.4 is 5.32 Å². The molecule has 1 aliphatic heterocycles. The van der Waals surface area contributed by atoms with Crippen LogP contribution in [0.25, 0.3) is 5.52 Å². The summed E-state index contributed by atoms with van der Waals surface area (Å²) in [5, 5.41) is 14.5. The van der Waals surface area contributed by atoms with Gasteiger partial charge in [-0.25, -0.2) is 9.50 Å². The molecule has 8 nitrogen and oxygen atoms in total. The first kappa shape index (κ1) is 15.9. The Kier molecular flexibility index (Phi) is 4.28. The molecule has 4 rings (SSSR count). The molecule has 3 aromatic rings. The van der Waals surface area contributed by atoms with Gasteiger partial charge in [-0.2, -0.15) is 19.0 Å². The van der Waals surface area contributed by atoms with E-state index >= 15 is 0 Å². The predicted octanol–water partition coefficient (Wildman–Crippen LogP) is 2.79. The standard InChI is InChI=1S/C15H16F2N6O2/c16-15(17)25-8-9-6-11-14(18-3-4-23(11)22-9)19-13-7-10(20-21-13)12-2-1-5-24-12/h3-4,6-7,12,15H,1-2,5,8H2,(H2,18,19,20,21)/t12-/m1/s1. The van der Waals surface area contributed by atoms with Crippen LogP contribution in [0.1, 0.15) is 30.3 Å². The van der Waals surface area contributed by atoms with E-state index in [2.05, 4.69) is 30.3 Å². The van der Waals surface area contributed by atoms with Crippen LogP contribution in [0.2, 0.25) is 0 Å². The van der Waals surface area contributed by atoms with Crippen molar-refractivity contribution in [1.82, 2.24) is 24.8 Å². The summed E-state index contributed by atoms with van der Waals surface area (Å²) in [6.07, 6.45) is 5.24. The molecule has 0 amide bonds. The molecule has 4 heterocycles. The summed E-state index contributed by atoms with van der Waals surface area (Å²) in [6.45, 7) is -2.35. The van der Waals surface area contributed by atoms with E-state index in [9.17, 15) is 8.78 Å². The van der Waals surface area contributed by atoms with Crippen molar-refractivity contribution in [1.29, 1.82) is 0 Å². The first-order valence-corrected chi connectivity index (χ1v) is 7.86. The minimum atomic E-state index is -2.83. The van der Waals surface area contributed by atoms with Gasteiger partial charge in [-0.3, -0.25) is 5.10 Å². The Labute approximate surface area is 141 Å². The summed E-state index contributed by atoms with van der Waals surface area (Å²) in [5.41, 5.74) is 1.93. The maximum absolute atomic E-state index is 12.2. The molecule has 0 spiro atoms. The van der Waals surface area contributed by atoms with Crippen LogP contribution in [0.5, 0.6) is 0 Å². The van der Waals surface area contributed by atoms with Crippen molar-refractivity contribution in [2.24, 2.45) is 0 Å². The van der Waals surface area contributed by atoms with Crippen molar-refractivity contribution in [3.05, 3.63) is 35.9 Å². The number of alkyl halides is 2. The molecule has 0 aliphatic carbocycles. The van der Waals surface area contributed by atoms with Gasteiger partial charge in [-0.15, -0.1) is 0 Å². The van der Waals surface area contributed by atoms with Crippen LogP contribution in [-0.4, -0.2) is 38.0 Å². The van der Waals surface area contributed by atoms with Crippen LogP contribution in [0.3, 0.4) is 0 Å². The molecule has 1 aliphatic rings. The van der Waals surface area contributed by atoms with Crippen molar-refractivity contribution in [2.75, 3.05) is 11.9 Å². The Morgan fingerprint density at radius 1 is 1.44 bits per heavy atom. The smallest absolute Gasteiger partial charge is 0.345 e. The van der Waals surface area contributed by atoms with Gasteiger partial charge in [0.25, 0.3) is 0 Å². The summed E-state index contributed by atoms with van der Waals surface area (Å²) >= 11 is 0. The van der Waals surface area contributed by atoms with Gasteiger partial charge in [0.1, 0.15) is 5.52 Å². The maximum Gasteiger partial charge on any atom is 0.345 e. The van der Waals surface area contributed by atoms with E-state index in [-0.39, 0.29) is 12.7 Å². The average Bonchev–Trinajstić information content (AvgIpc) is 3.33. The highest BCUT2D eigenvalue weighted by atomic mass is 19.3. The van der Waals surface area contributed by atoms with E-state index < -0.39 is 6.61 Å². The highest BCUT2D eigenvalue weighted by molar-refractivity contribution is 5.72. The van der Waals surface area contributed by atoms with Gasteiger partial charge in [0.05, 0.1) is 24.1 Å². The maximum atomic E-state index is 12.2. The van der Waals surface area contributed by atoms with Crippen molar-refractivity contribution >= 4 is 17.2 Å². The van der Waals surface area contributed by atoms with Gasteiger partial charge in [0.15, 0.2) is 11.6 Å². The lowest BCUT2D eigenvalue weighted by molar-refractivity contribution is -0.137. The number of nitrogens with one attached hydrogen (secondary N) is 2. The van der Waals surface area contributed by atoms with Gasteiger partial charge in [0.2, 0.25) is 0 Å². The lowest BCUT2D eigenvalue weighted by atomic mass is 10.2. The summed E-state index contributed by atoms with van der Waals surface area (Å²) < 4.78 is 35.8. The molecular formula is C15H16F2N6O2. The summed E-state index contributed by atoms with van der Waals surface area (Å²) in [4.78, 5) is 4.27. The van der Waals surface area contributed by atoms with Crippen LogP contribution >= 0.6 is 0 Å². The number of aromatic nitrogens is 5. The zero-order valence-electron chi connectivity index (χ0n) is 13.2. The van der Waals surface area contributed by atoms with E-state index in [0.717, 1.165) is 25.1 Å². The largest absolute Gasteiger partial charge is 0.372 e.